The van der Waals surface area contributed by atoms with Crippen molar-refractivity contribution >= 4 is 11.4 Å². The zero-order chi connectivity index (χ0) is 13.1. The summed E-state index contributed by atoms with van der Waals surface area (Å²) in [6.07, 6.45) is 0. The van der Waals surface area contributed by atoms with Gasteiger partial charge in [-0.1, -0.05) is 24.3 Å². The van der Waals surface area contributed by atoms with E-state index in [2.05, 4.69) is 0 Å². The molecule has 4 nitrogen and oxygen atoms in total. The van der Waals surface area contributed by atoms with Crippen LogP contribution in [0.15, 0.2) is 48.5 Å². The van der Waals surface area contributed by atoms with Gasteiger partial charge in [-0.05, 0) is 25.0 Å². The monoisotopic (exact) mass is 242 g/mol. The molecule has 0 saturated carbocycles. The third kappa shape index (κ3) is 2.48. The molecule has 0 unspecified atom stereocenters. The van der Waals surface area contributed by atoms with Crippen LogP contribution in [0.25, 0.3) is 0 Å². The van der Waals surface area contributed by atoms with E-state index in [0.29, 0.717) is 21.1 Å². The number of aryl methyl sites for hydroxylation is 2. The van der Waals surface area contributed by atoms with Crippen molar-refractivity contribution in [3.63, 3.8) is 0 Å². The van der Waals surface area contributed by atoms with Gasteiger partial charge in [0.2, 0.25) is 0 Å². The Labute approximate surface area is 106 Å². The molecule has 4 heteroatoms. The van der Waals surface area contributed by atoms with Crippen LogP contribution in [0.5, 0.6) is 0 Å². The molecule has 0 saturated heterocycles. The Balaban J connectivity index is 2.47. The summed E-state index contributed by atoms with van der Waals surface area (Å²) in [5.41, 5.74) is 2.52. The highest BCUT2D eigenvalue weighted by Gasteiger charge is 2.15. The molecule has 0 aliphatic heterocycles. The second kappa shape index (κ2) is 4.87. The second-order valence-corrected chi connectivity index (χ2v) is 4.22. The Kier molecular flexibility index (Phi) is 3.28. The lowest BCUT2D eigenvalue weighted by Gasteiger charge is -2.03. The van der Waals surface area contributed by atoms with Crippen molar-refractivity contribution in [2.75, 3.05) is 0 Å². The summed E-state index contributed by atoms with van der Waals surface area (Å²) in [7, 11) is 0. The number of nitrogens with zero attached hydrogens (tertiary/aromatic N) is 2. The van der Waals surface area contributed by atoms with Crippen molar-refractivity contribution in [2.45, 2.75) is 13.8 Å². The summed E-state index contributed by atoms with van der Waals surface area (Å²) in [5, 5.41) is 23.9. The van der Waals surface area contributed by atoms with Gasteiger partial charge in [0.15, 0.2) is 0 Å². The van der Waals surface area contributed by atoms with Gasteiger partial charge < -0.3 is 10.4 Å². The minimum absolute atomic E-state index is 0.325. The van der Waals surface area contributed by atoms with Crippen LogP contribution >= 0.6 is 0 Å². The van der Waals surface area contributed by atoms with E-state index in [4.69, 9.17) is 0 Å². The van der Waals surface area contributed by atoms with Crippen LogP contribution in [0.2, 0.25) is 0 Å². The molecule has 0 aliphatic carbocycles. The van der Waals surface area contributed by atoms with E-state index in [1.165, 1.54) is 0 Å². The van der Waals surface area contributed by atoms with Gasteiger partial charge in [0.25, 0.3) is 11.4 Å². The molecule has 0 aromatic heterocycles. The number of benzene rings is 2. The molecule has 18 heavy (non-hydrogen) atoms. The fraction of sp³-hybridized carbons (Fsp3) is 0.143. The molecule has 2 aromatic carbocycles. The average molecular weight is 242 g/mol. The van der Waals surface area contributed by atoms with E-state index in [-0.39, 0.29) is 0 Å². The van der Waals surface area contributed by atoms with Crippen LogP contribution in [0.4, 0.5) is 11.4 Å². The summed E-state index contributed by atoms with van der Waals surface area (Å²) in [4.78, 5) is 0.698. The van der Waals surface area contributed by atoms with E-state index in [9.17, 15) is 10.4 Å². The highest BCUT2D eigenvalue weighted by Crippen LogP contribution is 2.18. The van der Waals surface area contributed by atoms with Crippen molar-refractivity contribution in [1.82, 2.24) is 0 Å². The zero-order valence-electron chi connectivity index (χ0n) is 10.3. The number of hydrogen-bond acceptors (Lipinski definition) is 2. The molecular weight excluding hydrogens is 228 g/mol. The molecule has 2 rings (SSSR count). The fourth-order valence-corrected chi connectivity index (χ4v) is 1.70. The minimum Gasteiger partial charge on any atom is -0.561 e. The Morgan fingerprint density at radius 2 is 1.11 bits per heavy atom. The summed E-state index contributed by atoms with van der Waals surface area (Å²) >= 11 is 0. The van der Waals surface area contributed by atoms with E-state index >= 15 is 0 Å². The summed E-state index contributed by atoms with van der Waals surface area (Å²) < 4.78 is 0. The minimum atomic E-state index is 0.325. The summed E-state index contributed by atoms with van der Waals surface area (Å²) in [6, 6.07) is 13.8. The third-order valence-corrected chi connectivity index (χ3v) is 2.61. The lowest BCUT2D eigenvalue weighted by atomic mass is 10.2. The van der Waals surface area contributed by atoms with Crippen LogP contribution in [0.1, 0.15) is 11.1 Å². The quantitative estimate of drug-likeness (QED) is 0.457. The van der Waals surface area contributed by atoms with Crippen molar-refractivity contribution in [2.24, 2.45) is 0 Å². The predicted molar refractivity (Wildman–Crippen MR) is 68.9 cm³/mol. The molecule has 0 bridgehead atoms. The zero-order valence-corrected chi connectivity index (χ0v) is 10.3. The largest absolute Gasteiger partial charge is 0.561 e. The van der Waals surface area contributed by atoms with Gasteiger partial charge in [0.1, 0.15) is 0 Å². The molecule has 2 aromatic rings. The van der Waals surface area contributed by atoms with E-state index in [0.717, 1.165) is 11.1 Å². The van der Waals surface area contributed by atoms with Crippen molar-refractivity contribution < 1.29 is 9.72 Å². The van der Waals surface area contributed by atoms with Crippen LogP contribution in [0, 0.1) is 24.3 Å². The first kappa shape index (κ1) is 12.1. The van der Waals surface area contributed by atoms with Crippen molar-refractivity contribution in [3.8, 4) is 0 Å². The molecule has 92 valence electrons. The maximum atomic E-state index is 11.9. The van der Waals surface area contributed by atoms with Gasteiger partial charge in [0.05, 0.1) is 9.72 Å². The molecular formula is C14H14N2O2. The molecule has 0 amide bonds. The molecule has 0 heterocycles. The molecule has 0 spiro atoms. The smallest absolute Gasteiger partial charge is 0.288 e. The Bertz CT molecular complexity index is 553. The topological polar surface area (TPSA) is 52.1 Å². The number of azo groups is 1. The van der Waals surface area contributed by atoms with E-state index in [1.807, 2.05) is 26.0 Å². The Morgan fingerprint density at radius 1 is 0.722 bits per heavy atom. The third-order valence-electron chi connectivity index (χ3n) is 2.61. The molecule has 0 fully saturated rings. The SMILES string of the molecule is Cc1cccc(/[N+]([O-])=[N+](\[O-])c2cccc(C)c2)c1. The Morgan fingerprint density at radius 3 is 1.44 bits per heavy atom. The van der Waals surface area contributed by atoms with Gasteiger partial charge in [-0.25, -0.2) is 0 Å². The average Bonchev–Trinajstić information content (AvgIpc) is 2.37. The highest BCUT2D eigenvalue weighted by atomic mass is 16.6. The second-order valence-electron chi connectivity index (χ2n) is 4.22. The number of rotatable bonds is 2. The number of hydrogen-bond donors (Lipinski definition) is 0. The lowest BCUT2D eigenvalue weighted by molar-refractivity contribution is -0.896. The highest BCUT2D eigenvalue weighted by molar-refractivity contribution is 5.34. The van der Waals surface area contributed by atoms with E-state index in [1.54, 1.807) is 36.4 Å². The first-order chi connectivity index (χ1) is 8.58. The van der Waals surface area contributed by atoms with Gasteiger partial charge in [-0.15, -0.1) is 0 Å². The molecule has 0 aliphatic rings. The standard InChI is InChI=1S/C14H14N2O2/c1-11-5-3-7-13(9-11)15(17)16(18)14-8-4-6-12(2)10-14/h3-10H,1-2H3/b16-15+. The molecule has 0 N–H and O–H groups in total. The predicted octanol–water partition coefficient (Wildman–Crippen LogP) is 3.74. The first-order valence-electron chi connectivity index (χ1n) is 5.66. The van der Waals surface area contributed by atoms with Crippen molar-refractivity contribution in [1.29, 1.82) is 0 Å². The van der Waals surface area contributed by atoms with Gasteiger partial charge >= 0.3 is 0 Å². The molecule has 0 radical (unpaired) electrons. The van der Waals surface area contributed by atoms with Crippen LogP contribution in [-0.2, 0) is 0 Å². The van der Waals surface area contributed by atoms with E-state index < -0.39 is 0 Å². The lowest BCUT2D eigenvalue weighted by Crippen LogP contribution is -2.08. The summed E-state index contributed by atoms with van der Waals surface area (Å²) in [6.45, 7) is 3.75. The first-order valence-corrected chi connectivity index (χ1v) is 5.66. The van der Waals surface area contributed by atoms with Crippen LogP contribution in [-0.4, -0.2) is 9.72 Å². The van der Waals surface area contributed by atoms with Gasteiger partial charge in [0, 0.05) is 24.3 Å². The van der Waals surface area contributed by atoms with Gasteiger partial charge in [-0.2, -0.15) is 0 Å². The van der Waals surface area contributed by atoms with Crippen LogP contribution < -0.4 is 0 Å². The Hall–Kier alpha value is -2.36. The van der Waals surface area contributed by atoms with Crippen molar-refractivity contribution in [3.05, 3.63) is 70.1 Å². The molecule has 0 atom stereocenters. The maximum Gasteiger partial charge on any atom is 0.288 e. The maximum absolute atomic E-state index is 11.9. The fourth-order valence-electron chi connectivity index (χ4n) is 1.70. The van der Waals surface area contributed by atoms with Gasteiger partial charge in [-0.3, -0.25) is 0 Å². The normalized spacial score (nSPS) is 12.1. The summed E-state index contributed by atoms with van der Waals surface area (Å²) in [5.74, 6) is 0. The van der Waals surface area contributed by atoms with Crippen LogP contribution in [0.3, 0.4) is 0 Å².